The molecule has 0 N–H and O–H groups in total. The van der Waals surface area contributed by atoms with Crippen LogP contribution in [0, 0.1) is 0 Å². The molecule has 0 aliphatic carbocycles. The van der Waals surface area contributed by atoms with Crippen LogP contribution in [0.25, 0.3) is 10.4 Å². The summed E-state index contributed by atoms with van der Waals surface area (Å²) in [6.07, 6.45) is -12.2. The molecule has 2 saturated heterocycles. The molecule has 0 aromatic heterocycles. The molecule has 0 saturated carbocycles. The zero-order chi connectivity index (χ0) is 72.7. The average molecular weight is 1420 g/mol. The molecule has 2 aliphatic heterocycles. The van der Waals surface area contributed by atoms with Crippen LogP contribution in [-0.4, -0.2) is 135 Å². The lowest BCUT2D eigenvalue weighted by molar-refractivity contribution is -0.353. The zero-order valence-corrected chi connectivity index (χ0v) is 57.9. The molecule has 0 radical (unpaired) electrons. The number of carbonyl (C=O) groups excluding carboxylic acids is 6. The van der Waals surface area contributed by atoms with Crippen molar-refractivity contribution < 1.29 is 90.3 Å². The van der Waals surface area contributed by atoms with E-state index in [1.165, 1.54) is 6.92 Å². The van der Waals surface area contributed by atoms with E-state index in [1.807, 2.05) is 133 Å². The number of methoxy groups -OCH3 is 1. The normalized spacial score (nSPS) is 19.8. The number of amides is 1. The maximum Gasteiger partial charge on any atom is 0.410 e. The van der Waals surface area contributed by atoms with E-state index in [4.69, 9.17) is 61.6 Å². The molecule has 0 spiro atoms. The number of nitrogens with zero attached hydrogens (tertiary/aromatic N) is 4. The van der Waals surface area contributed by atoms with Crippen LogP contribution in [0.2, 0.25) is 0 Å². The first-order valence-electron chi connectivity index (χ1n) is 34.4. The lowest BCUT2D eigenvalue weighted by Gasteiger charge is -2.49. The number of hydrogen-bond donors (Lipinski definition) is 0. The van der Waals surface area contributed by atoms with Crippen molar-refractivity contribution >= 4 is 35.8 Å². The summed E-state index contributed by atoms with van der Waals surface area (Å²) >= 11 is 0. The van der Waals surface area contributed by atoms with Crippen LogP contribution in [0.3, 0.4) is 0 Å². The maximum absolute atomic E-state index is 14.7. The highest BCUT2D eigenvalue weighted by atomic mass is 16.8. The third kappa shape index (κ3) is 23.2. The quantitative estimate of drug-likeness (QED) is 0.00873. The largest absolute Gasteiger partial charge is 0.497 e. The van der Waals surface area contributed by atoms with Gasteiger partial charge in [0.2, 0.25) is 0 Å². The minimum Gasteiger partial charge on any atom is -0.497 e. The van der Waals surface area contributed by atoms with E-state index >= 15 is 0 Å². The number of unbranched alkanes of at least 4 members (excludes halogenated alkanes) is 2. The molecule has 8 aromatic rings. The molecule has 542 valence electrons. The summed E-state index contributed by atoms with van der Waals surface area (Å²) in [5.74, 6) is -2.39. The summed E-state index contributed by atoms with van der Waals surface area (Å²) < 4.78 is 83.5. The van der Waals surface area contributed by atoms with Crippen LogP contribution < -0.4 is 4.74 Å². The Morgan fingerprint density at radius 2 is 0.942 bits per heavy atom. The van der Waals surface area contributed by atoms with E-state index in [1.54, 1.807) is 109 Å². The van der Waals surface area contributed by atoms with Gasteiger partial charge in [0.25, 0.3) is 0 Å². The van der Waals surface area contributed by atoms with Gasteiger partial charge in [-0.2, -0.15) is 0 Å². The van der Waals surface area contributed by atoms with Crippen molar-refractivity contribution in [2.45, 2.75) is 140 Å². The monoisotopic (exact) mass is 1420 g/mol. The van der Waals surface area contributed by atoms with Gasteiger partial charge in [0.15, 0.2) is 24.8 Å². The SMILES string of the molecule is COc1ccc(COC[C@@H]2O[C@@H](OCCCCCN(Cc3ccccc3)C(=O)OCc3ccc(COC(=O)c4ccccc4)cc3)[C@H](OC(=O)c3ccccc3)[C@@H](OCc3ccccc3)[C@@H]2O[C@H]2O[C@H](COC(=O)c3ccccc3)[C@@H](OC(=O)CCC(C)=O)[C@H](OCc3ccccc3)[C@H]2N=[N+]=[N-])cc1. The molecule has 1 amide bonds. The Balaban J connectivity index is 0.932. The smallest absolute Gasteiger partial charge is 0.410 e. The Bertz CT molecular complexity index is 4010. The zero-order valence-electron chi connectivity index (χ0n) is 57.9. The minimum atomic E-state index is -1.68. The molecular weight excluding hydrogens is 1330 g/mol. The van der Waals surface area contributed by atoms with Crippen molar-refractivity contribution in [2.24, 2.45) is 5.11 Å². The van der Waals surface area contributed by atoms with Crippen molar-refractivity contribution in [3.05, 3.63) is 291 Å². The number of benzene rings is 8. The fraction of sp³-hybridized carbons (Fsp3) is 0.333. The highest BCUT2D eigenvalue weighted by Crippen LogP contribution is 2.37. The molecule has 10 atom stereocenters. The summed E-state index contributed by atoms with van der Waals surface area (Å²) in [6.45, 7) is 1.12. The van der Waals surface area contributed by atoms with Gasteiger partial charge in [-0.1, -0.05) is 187 Å². The van der Waals surface area contributed by atoms with Crippen LogP contribution in [0.1, 0.15) is 103 Å². The highest BCUT2D eigenvalue weighted by molar-refractivity contribution is 5.90. The predicted molar refractivity (Wildman–Crippen MR) is 379 cm³/mol. The Hall–Kier alpha value is -10.6. The van der Waals surface area contributed by atoms with Crippen molar-refractivity contribution in [1.29, 1.82) is 0 Å². The van der Waals surface area contributed by atoms with Gasteiger partial charge < -0.3 is 71.3 Å². The lowest BCUT2D eigenvalue weighted by atomic mass is 9.95. The van der Waals surface area contributed by atoms with Crippen LogP contribution in [0.15, 0.2) is 236 Å². The van der Waals surface area contributed by atoms with Crippen LogP contribution in [0.5, 0.6) is 5.75 Å². The number of ketones is 1. The van der Waals surface area contributed by atoms with Gasteiger partial charge in [-0.15, -0.1) is 0 Å². The number of esters is 4. The van der Waals surface area contributed by atoms with E-state index in [0.717, 1.165) is 27.8 Å². The third-order valence-corrected chi connectivity index (χ3v) is 17.1. The summed E-state index contributed by atoms with van der Waals surface area (Å²) in [4.78, 5) is 86.0. The second kappa shape index (κ2) is 40.3. The lowest BCUT2D eigenvalue weighted by Crippen LogP contribution is -2.66. The van der Waals surface area contributed by atoms with Gasteiger partial charge in [0.1, 0.15) is 67.9 Å². The molecule has 0 bridgehead atoms. The standard InChI is InChI=1S/C81H84N4O19/c1-56(86)36-45-69(87)102-71-68(55-98-77(89)64-32-18-7-19-33-64)100-79(70(83-84-82)73(71)95-50-58-26-12-4-13-27-58)104-72-67(54-93-49-60-41-43-66(92-2)44-42-60)101-80(75(103-78(90)65-34-20-8-21-35-65)74(72)96-51-59-28-14-5-15-29-59)94-47-23-9-22-46-85(48-57-24-10-3-11-25-57)81(91)99-53-62-39-37-61(38-40-62)52-97-76(88)63-30-16-6-17-31-63/h3-8,10-21,24-35,37-44,67-68,70-75,79-80H,9,22-23,36,45-55H2,1-2H3/t67-,68+,70+,71+,72+,73+,74-,75+,79+,80+/m0/s1. The van der Waals surface area contributed by atoms with Gasteiger partial charge in [0, 0.05) is 31.0 Å². The molecular formula is C81H84N4O19. The predicted octanol–water partition coefficient (Wildman–Crippen LogP) is 13.6. The van der Waals surface area contributed by atoms with E-state index in [2.05, 4.69) is 10.0 Å². The number of azide groups is 1. The topological polar surface area (TPSA) is 274 Å². The summed E-state index contributed by atoms with van der Waals surface area (Å²) in [5, 5.41) is 4.24. The summed E-state index contributed by atoms with van der Waals surface area (Å²) in [5.41, 5.74) is 16.0. The van der Waals surface area contributed by atoms with Gasteiger partial charge in [0.05, 0.1) is 56.6 Å². The maximum atomic E-state index is 14.7. The Morgan fingerprint density at radius 3 is 1.51 bits per heavy atom. The first kappa shape index (κ1) is 76.1. The molecule has 10 rings (SSSR count). The number of hydrogen-bond acceptors (Lipinski definition) is 20. The van der Waals surface area contributed by atoms with E-state index < -0.39 is 97.9 Å². The summed E-state index contributed by atoms with van der Waals surface area (Å²) in [6, 6.07) is 66.2. The minimum absolute atomic E-state index is 0.00483. The second-order valence-corrected chi connectivity index (χ2v) is 24.8. The van der Waals surface area contributed by atoms with Crippen molar-refractivity contribution in [2.75, 3.05) is 33.5 Å². The van der Waals surface area contributed by atoms with E-state index in [9.17, 15) is 34.3 Å². The van der Waals surface area contributed by atoms with E-state index in [0.29, 0.717) is 42.7 Å². The Labute approximate surface area is 603 Å². The van der Waals surface area contributed by atoms with Gasteiger partial charge in [-0.25, -0.2) is 19.2 Å². The first-order valence-corrected chi connectivity index (χ1v) is 34.4. The van der Waals surface area contributed by atoms with Crippen LogP contribution in [-0.2, 0) is 106 Å². The van der Waals surface area contributed by atoms with E-state index in [-0.39, 0.29) is 82.5 Å². The second-order valence-electron chi connectivity index (χ2n) is 24.8. The molecule has 0 unspecified atom stereocenters. The summed E-state index contributed by atoms with van der Waals surface area (Å²) in [7, 11) is 1.57. The molecule has 8 aromatic carbocycles. The molecule has 23 nitrogen and oxygen atoms in total. The first-order chi connectivity index (χ1) is 50.9. The van der Waals surface area contributed by atoms with Crippen molar-refractivity contribution in [3.8, 4) is 5.75 Å². The average Bonchev–Trinajstić information content (AvgIpc) is 0.767. The fourth-order valence-corrected chi connectivity index (χ4v) is 11.6. The van der Waals surface area contributed by atoms with Crippen molar-refractivity contribution in [3.63, 3.8) is 0 Å². The van der Waals surface area contributed by atoms with Gasteiger partial charge in [-0.3, -0.25) is 4.79 Å². The van der Waals surface area contributed by atoms with Crippen molar-refractivity contribution in [1.82, 2.24) is 4.90 Å². The number of ether oxygens (including phenoxy) is 13. The van der Waals surface area contributed by atoms with Crippen LogP contribution in [0.4, 0.5) is 4.79 Å². The third-order valence-electron chi connectivity index (χ3n) is 17.1. The Morgan fingerprint density at radius 1 is 0.452 bits per heavy atom. The Kier molecular flexibility index (Phi) is 29.5. The molecule has 2 aliphatic rings. The molecule has 2 fully saturated rings. The molecule has 104 heavy (non-hydrogen) atoms. The molecule has 23 heteroatoms. The highest BCUT2D eigenvalue weighted by Gasteiger charge is 2.56. The van der Waals surface area contributed by atoms with Crippen LogP contribution >= 0.6 is 0 Å². The van der Waals surface area contributed by atoms with Gasteiger partial charge in [-0.05, 0) is 114 Å². The number of Topliss-reactive ketones (excluding diaryl/α,β-unsaturated/α-hetero) is 1. The fourth-order valence-electron chi connectivity index (χ4n) is 11.6. The number of carbonyl (C=O) groups is 6. The molecule has 2 heterocycles. The van der Waals surface area contributed by atoms with Gasteiger partial charge >= 0.3 is 30.0 Å². The number of rotatable bonds is 37.